The van der Waals surface area contributed by atoms with Gasteiger partial charge in [-0.25, -0.2) is 18.5 Å². The van der Waals surface area contributed by atoms with E-state index in [1.807, 2.05) is 27.7 Å². The summed E-state index contributed by atoms with van der Waals surface area (Å²) in [6, 6.07) is 8.21. The van der Waals surface area contributed by atoms with Crippen LogP contribution in [0.25, 0.3) is 11.1 Å². The van der Waals surface area contributed by atoms with Gasteiger partial charge in [0.1, 0.15) is 0 Å². The lowest BCUT2D eigenvalue weighted by molar-refractivity contribution is 0.00578. The molecule has 0 unspecified atom stereocenters. The molecule has 2 N–H and O–H groups in total. The minimum absolute atomic E-state index is 0.00355. The van der Waals surface area contributed by atoms with E-state index in [4.69, 9.17) is 19.2 Å². The first kappa shape index (κ1) is 19.8. The molecule has 0 saturated carbocycles. The minimum Gasteiger partial charge on any atom is -0.481 e. The molecule has 0 radical (unpaired) electrons. The summed E-state index contributed by atoms with van der Waals surface area (Å²) in [4.78, 5) is 4.32. The molecular weight excluding hydrogens is 367 g/mol. The summed E-state index contributed by atoms with van der Waals surface area (Å²) in [6.07, 6.45) is 1.60. The molecule has 0 bridgehead atoms. The fourth-order valence-corrected chi connectivity index (χ4v) is 3.62. The maximum atomic E-state index is 12.0. The van der Waals surface area contributed by atoms with E-state index in [0.29, 0.717) is 16.6 Å². The Labute approximate surface area is 160 Å². The number of hydrogen-bond acceptors (Lipinski definition) is 6. The van der Waals surface area contributed by atoms with E-state index in [1.54, 1.807) is 30.5 Å². The minimum atomic E-state index is -3.92. The van der Waals surface area contributed by atoms with Gasteiger partial charge in [0.25, 0.3) is 0 Å². The fraction of sp³-hybridized carbons (Fsp3) is 0.389. The molecule has 27 heavy (non-hydrogen) atoms. The summed E-state index contributed by atoms with van der Waals surface area (Å²) in [5, 5.41) is 5.38. The Bertz CT molecular complexity index is 959. The monoisotopic (exact) mass is 390 g/mol. The molecule has 1 aliphatic heterocycles. The molecule has 1 aromatic carbocycles. The maximum absolute atomic E-state index is 12.0. The molecule has 3 rings (SSSR count). The second-order valence-corrected chi connectivity index (χ2v) is 8.98. The maximum Gasteiger partial charge on any atom is 0.496 e. The normalized spacial score (nSPS) is 18.5. The van der Waals surface area contributed by atoms with Crippen LogP contribution in [0.2, 0.25) is 0 Å². The smallest absolute Gasteiger partial charge is 0.481 e. The Morgan fingerprint density at radius 2 is 1.67 bits per heavy atom. The van der Waals surface area contributed by atoms with E-state index < -0.39 is 28.3 Å². The van der Waals surface area contributed by atoms with Gasteiger partial charge < -0.3 is 14.0 Å². The van der Waals surface area contributed by atoms with Crippen LogP contribution in [-0.4, -0.2) is 38.8 Å². The highest BCUT2D eigenvalue weighted by Gasteiger charge is 2.52. The van der Waals surface area contributed by atoms with Gasteiger partial charge in [0, 0.05) is 22.8 Å². The summed E-state index contributed by atoms with van der Waals surface area (Å²) in [5.74, 6) is 0.284. The van der Waals surface area contributed by atoms with Crippen LogP contribution in [0.1, 0.15) is 27.7 Å². The van der Waals surface area contributed by atoms with Crippen molar-refractivity contribution in [2.45, 2.75) is 43.8 Å². The number of benzene rings is 1. The van der Waals surface area contributed by atoms with Crippen LogP contribution in [0.3, 0.4) is 0 Å². The van der Waals surface area contributed by atoms with E-state index in [1.165, 1.54) is 13.2 Å². The third-order valence-electron chi connectivity index (χ3n) is 5.07. The molecule has 144 valence electrons. The molecule has 1 saturated heterocycles. The lowest BCUT2D eigenvalue weighted by Gasteiger charge is -2.32. The van der Waals surface area contributed by atoms with E-state index in [-0.39, 0.29) is 10.8 Å². The molecule has 0 spiro atoms. The fourth-order valence-electron chi connectivity index (χ4n) is 2.87. The number of aromatic nitrogens is 1. The topological polar surface area (TPSA) is 101 Å². The highest BCUT2D eigenvalue weighted by atomic mass is 32.2. The zero-order valence-corrected chi connectivity index (χ0v) is 16.8. The van der Waals surface area contributed by atoms with Gasteiger partial charge >= 0.3 is 7.12 Å². The van der Waals surface area contributed by atoms with Crippen molar-refractivity contribution >= 4 is 22.6 Å². The van der Waals surface area contributed by atoms with Crippen LogP contribution >= 0.6 is 0 Å². The van der Waals surface area contributed by atoms with Crippen molar-refractivity contribution in [1.29, 1.82) is 0 Å². The molecule has 1 aliphatic rings. The summed E-state index contributed by atoms with van der Waals surface area (Å²) >= 11 is 0. The summed E-state index contributed by atoms with van der Waals surface area (Å²) in [5.41, 5.74) is 0.553. The average molecular weight is 390 g/mol. The van der Waals surface area contributed by atoms with Gasteiger partial charge in [0.05, 0.1) is 23.2 Å². The predicted molar refractivity (Wildman–Crippen MR) is 103 cm³/mol. The Balaban J connectivity index is 2.13. The molecule has 1 fully saturated rings. The Kier molecular flexibility index (Phi) is 4.84. The predicted octanol–water partition coefficient (Wildman–Crippen LogP) is 1.70. The van der Waals surface area contributed by atoms with Gasteiger partial charge in [-0.3, -0.25) is 0 Å². The van der Waals surface area contributed by atoms with Gasteiger partial charge in [-0.05, 0) is 39.8 Å². The van der Waals surface area contributed by atoms with Gasteiger partial charge in [-0.1, -0.05) is 18.2 Å². The number of methoxy groups -OCH3 is 1. The van der Waals surface area contributed by atoms with Crippen molar-refractivity contribution in [2.24, 2.45) is 5.14 Å². The van der Waals surface area contributed by atoms with Crippen LogP contribution in [0.15, 0.2) is 41.4 Å². The number of pyridine rings is 1. The number of hydrogen-bond donors (Lipinski definition) is 1. The highest BCUT2D eigenvalue weighted by Crippen LogP contribution is 2.37. The zero-order chi connectivity index (χ0) is 20.0. The Morgan fingerprint density at radius 1 is 1.07 bits per heavy atom. The van der Waals surface area contributed by atoms with Gasteiger partial charge in [0.2, 0.25) is 15.9 Å². The largest absolute Gasteiger partial charge is 0.496 e. The average Bonchev–Trinajstić information content (AvgIpc) is 2.81. The Morgan fingerprint density at radius 3 is 2.22 bits per heavy atom. The van der Waals surface area contributed by atoms with Crippen LogP contribution in [0, 0.1) is 0 Å². The number of nitrogens with zero attached hydrogens (tertiary/aromatic N) is 1. The van der Waals surface area contributed by atoms with Crippen LogP contribution in [0.4, 0.5) is 0 Å². The lowest BCUT2D eigenvalue weighted by atomic mass is 9.79. The molecule has 1 aromatic heterocycles. The van der Waals surface area contributed by atoms with E-state index in [9.17, 15) is 8.42 Å². The third kappa shape index (κ3) is 3.60. The summed E-state index contributed by atoms with van der Waals surface area (Å²) < 4.78 is 41.5. The molecule has 0 amide bonds. The van der Waals surface area contributed by atoms with E-state index in [0.717, 1.165) is 0 Å². The third-order valence-corrected chi connectivity index (χ3v) is 6.04. The van der Waals surface area contributed by atoms with Crippen molar-refractivity contribution in [1.82, 2.24) is 4.98 Å². The summed E-state index contributed by atoms with van der Waals surface area (Å²) in [7, 11) is -3.08. The lowest BCUT2D eigenvalue weighted by Crippen LogP contribution is -2.41. The summed E-state index contributed by atoms with van der Waals surface area (Å²) in [6.45, 7) is 7.84. The standard InChI is InChI=1S/C18H23BN2O5S/c1-17(2)18(3,4)26-19(25-17)12-10-14(16(24-5)21-11-12)13-8-6-7-9-15(13)27(20,22)23/h6-11H,1-5H3,(H2,20,22,23). The number of nitrogens with two attached hydrogens (primary N) is 1. The van der Waals surface area contributed by atoms with Crippen molar-refractivity contribution in [3.63, 3.8) is 0 Å². The van der Waals surface area contributed by atoms with Crippen molar-refractivity contribution in [3.05, 3.63) is 36.5 Å². The number of sulfonamides is 1. The van der Waals surface area contributed by atoms with Crippen molar-refractivity contribution in [2.75, 3.05) is 7.11 Å². The molecule has 2 heterocycles. The molecule has 7 nitrogen and oxygen atoms in total. The zero-order valence-electron chi connectivity index (χ0n) is 16.0. The molecule has 0 aliphatic carbocycles. The van der Waals surface area contributed by atoms with Crippen molar-refractivity contribution in [3.8, 4) is 17.0 Å². The Hall–Kier alpha value is -1.94. The molecule has 2 aromatic rings. The molecule has 9 heteroatoms. The first-order valence-corrected chi connectivity index (χ1v) is 10.0. The van der Waals surface area contributed by atoms with Gasteiger partial charge in [-0.15, -0.1) is 0 Å². The van der Waals surface area contributed by atoms with Crippen LogP contribution in [0.5, 0.6) is 5.88 Å². The molecular formula is C18H23BN2O5S. The first-order chi connectivity index (χ1) is 12.5. The number of primary sulfonamides is 1. The van der Waals surface area contributed by atoms with E-state index >= 15 is 0 Å². The highest BCUT2D eigenvalue weighted by molar-refractivity contribution is 7.89. The number of ether oxygens (including phenoxy) is 1. The van der Waals surface area contributed by atoms with Crippen molar-refractivity contribution < 1.29 is 22.5 Å². The van der Waals surface area contributed by atoms with E-state index in [2.05, 4.69) is 4.98 Å². The van der Waals surface area contributed by atoms with Gasteiger partial charge in [0.15, 0.2) is 0 Å². The SMILES string of the molecule is COc1ncc(B2OC(C)(C)C(C)(C)O2)cc1-c1ccccc1S(N)(=O)=O. The van der Waals surface area contributed by atoms with Crippen LogP contribution < -0.4 is 15.3 Å². The quantitative estimate of drug-likeness (QED) is 0.798. The van der Waals surface area contributed by atoms with Gasteiger partial charge in [-0.2, -0.15) is 0 Å². The molecule has 0 atom stereocenters. The first-order valence-electron chi connectivity index (χ1n) is 8.48. The van der Waals surface area contributed by atoms with Crippen LogP contribution in [-0.2, 0) is 19.3 Å². The second kappa shape index (κ2) is 6.59. The second-order valence-electron chi connectivity index (χ2n) is 7.45. The number of rotatable bonds is 4.